The third kappa shape index (κ3) is 64.3. The minimum absolute atomic E-state index is 0.177. The van der Waals surface area contributed by atoms with Gasteiger partial charge in [-0.3, -0.25) is 9.59 Å². The third-order valence-electron chi connectivity index (χ3n) is 15.2. The zero-order chi connectivity index (χ0) is 59.8. The van der Waals surface area contributed by atoms with Crippen LogP contribution in [0.5, 0.6) is 0 Å². The Bertz CT molecular complexity index is 1570. The smallest absolute Gasteiger partial charge is 0.361 e. The second kappa shape index (κ2) is 63.7. The van der Waals surface area contributed by atoms with Gasteiger partial charge in [-0.25, -0.2) is 4.79 Å². The highest BCUT2D eigenvalue weighted by Crippen LogP contribution is 2.18. The predicted molar refractivity (Wildman–Crippen MR) is 350 cm³/mol. The number of ether oxygens (including phenoxy) is 4. The first-order chi connectivity index (χ1) is 40.1. The van der Waals surface area contributed by atoms with E-state index in [0.29, 0.717) is 17.4 Å². The van der Waals surface area contributed by atoms with Crippen molar-refractivity contribution in [1.82, 2.24) is 0 Å². The van der Waals surface area contributed by atoms with Crippen molar-refractivity contribution < 1.29 is 42.9 Å². The zero-order valence-corrected chi connectivity index (χ0v) is 54.4. The number of aliphatic carboxylic acids is 1. The van der Waals surface area contributed by atoms with E-state index in [2.05, 4.69) is 86.8 Å². The fourth-order valence-corrected chi connectivity index (χ4v) is 9.96. The second-order valence-corrected chi connectivity index (χ2v) is 24.5. The molecule has 0 amide bonds. The Kier molecular flexibility index (Phi) is 61.2. The van der Waals surface area contributed by atoms with Crippen molar-refractivity contribution in [3.05, 3.63) is 72.9 Å². The van der Waals surface area contributed by atoms with Crippen LogP contribution in [0.3, 0.4) is 0 Å². The topological polar surface area (TPSA) is 108 Å². The van der Waals surface area contributed by atoms with Crippen LogP contribution in [-0.2, 0) is 33.3 Å². The van der Waals surface area contributed by atoms with Crippen molar-refractivity contribution in [3.8, 4) is 0 Å². The number of hydrogen-bond donors (Lipinski definition) is 1. The number of carbonyl (C=O) groups excluding carboxylic acids is 2. The summed E-state index contributed by atoms with van der Waals surface area (Å²) in [7, 11) is 5.98. The lowest BCUT2D eigenvalue weighted by molar-refractivity contribution is -0.870. The molecule has 0 aliphatic rings. The van der Waals surface area contributed by atoms with E-state index in [1.807, 2.05) is 21.1 Å². The SMILES string of the molecule is CC/C=C\C/C=C\C/C=C\C/C=C\C/C=C\C/C=C\CCCCCCCCCCCCCCCCCCCCCCC(=O)OC(COC(=O)CCCCCCCCCCCCCCCCCCCC)COC(OCC[N+](C)(C)C)C(=O)O. The van der Waals surface area contributed by atoms with Gasteiger partial charge in [-0.1, -0.05) is 311 Å². The third-order valence-corrected chi connectivity index (χ3v) is 15.2. The van der Waals surface area contributed by atoms with Gasteiger partial charge in [0.15, 0.2) is 6.10 Å². The molecule has 2 atom stereocenters. The molecule has 0 aromatic rings. The summed E-state index contributed by atoms with van der Waals surface area (Å²) in [4.78, 5) is 37.5. The highest BCUT2D eigenvalue weighted by Gasteiger charge is 2.25. The lowest BCUT2D eigenvalue weighted by Crippen LogP contribution is -2.40. The molecule has 0 bridgehead atoms. The van der Waals surface area contributed by atoms with Crippen LogP contribution in [0.4, 0.5) is 0 Å². The number of unbranched alkanes of at least 4 members (excludes halogenated alkanes) is 37. The average molecular weight is 1150 g/mol. The maximum absolute atomic E-state index is 12.9. The van der Waals surface area contributed by atoms with E-state index in [9.17, 15) is 19.5 Å². The molecule has 0 saturated heterocycles. The summed E-state index contributed by atoms with van der Waals surface area (Å²) >= 11 is 0. The first kappa shape index (κ1) is 78.7. The lowest BCUT2D eigenvalue weighted by Gasteiger charge is -2.25. The van der Waals surface area contributed by atoms with Crippen LogP contribution in [0.25, 0.3) is 0 Å². The van der Waals surface area contributed by atoms with Crippen LogP contribution in [0.1, 0.15) is 316 Å². The minimum atomic E-state index is -1.51. The summed E-state index contributed by atoms with van der Waals surface area (Å²) in [6.07, 6.45) is 81.6. The van der Waals surface area contributed by atoms with Gasteiger partial charge in [-0.15, -0.1) is 0 Å². The molecule has 9 nitrogen and oxygen atoms in total. The molecule has 0 radical (unpaired) electrons. The number of carbonyl (C=O) groups is 3. The molecule has 0 heterocycles. The molecular weight excluding hydrogens is 1020 g/mol. The second-order valence-electron chi connectivity index (χ2n) is 24.5. The first-order valence-electron chi connectivity index (χ1n) is 34.6. The maximum Gasteiger partial charge on any atom is 0.361 e. The van der Waals surface area contributed by atoms with Gasteiger partial charge in [0, 0.05) is 12.8 Å². The number of likely N-dealkylation sites (N-methyl/N-ethyl adjacent to an activating group) is 1. The Morgan fingerprint density at radius 1 is 0.378 bits per heavy atom. The van der Waals surface area contributed by atoms with Crippen LogP contribution in [0, 0.1) is 0 Å². The summed E-state index contributed by atoms with van der Waals surface area (Å²) in [6.45, 7) is 4.81. The highest BCUT2D eigenvalue weighted by atomic mass is 16.7. The number of nitrogens with zero attached hydrogens (tertiary/aromatic N) is 1. The van der Waals surface area contributed by atoms with Gasteiger partial charge in [-0.2, -0.15) is 0 Å². The zero-order valence-electron chi connectivity index (χ0n) is 54.4. The number of rotatable bonds is 64. The molecule has 0 aliphatic heterocycles. The van der Waals surface area contributed by atoms with Crippen molar-refractivity contribution in [2.45, 2.75) is 328 Å². The summed E-state index contributed by atoms with van der Waals surface area (Å²) in [6, 6.07) is 0. The molecule has 9 heteroatoms. The van der Waals surface area contributed by atoms with Crippen LogP contribution in [-0.4, -0.2) is 87.4 Å². The lowest BCUT2D eigenvalue weighted by atomic mass is 10.0. The number of quaternary nitrogens is 1. The summed E-state index contributed by atoms with van der Waals surface area (Å²) in [5.74, 6) is -1.98. The van der Waals surface area contributed by atoms with E-state index in [4.69, 9.17) is 18.9 Å². The molecular formula is C73H132NO8+. The molecule has 0 spiro atoms. The van der Waals surface area contributed by atoms with Gasteiger partial charge < -0.3 is 28.5 Å². The van der Waals surface area contributed by atoms with E-state index in [1.165, 1.54) is 212 Å². The Balaban J connectivity index is 4.01. The average Bonchev–Trinajstić information content (AvgIpc) is 3.45. The van der Waals surface area contributed by atoms with E-state index in [0.717, 1.165) is 77.0 Å². The molecule has 2 unspecified atom stereocenters. The van der Waals surface area contributed by atoms with Crippen LogP contribution >= 0.6 is 0 Å². The fourth-order valence-electron chi connectivity index (χ4n) is 9.96. The normalized spacial score (nSPS) is 13.1. The van der Waals surface area contributed by atoms with Gasteiger partial charge in [0.2, 0.25) is 0 Å². The van der Waals surface area contributed by atoms with Crippen molar-refractivity contribution >= 4 is 17.9 Å². The molecule has 0 saturated carbocycles. The van der Waals surface area contributed by atoms with Crippen molar-refractivity contribution in [1.29, 1.82) is 0 Å². The predicted octanol–water partition coefficient (Wildman–Crippen LogP) is 21.3. The number of carboxylic acids is 1. The first-order valence-corrected chi connectivity index (χ1v) is 34.6. The van der Waals surface area contributed by atoms with Crippen LogP contribution < -0.4 is 0 Å². The van der Waals surface area contributed by atoms with Gasteiger partial charge in [0.25, 0.3) is 6.29 Å². The van der Waals surface area contributed by atoms with Gasteiger partial charge >= 0.3 is 17.9 Å². The number of carboxylic acid groups (broad SMARTS) is 1. The van der Waals surface area contributed by atoms with Crippen LogP contribution in [0.15, 0.2) is 72.9 Å². The quantitative estimate of drug-likeness (QED) is 0.0211. The largest absolute Gasteiger partial charge is 0.477 e. The van der Waals surface area contributed by atoms with Gasteiger partial charge in [0.1, 0.15) is 13.2 Å². The minimum Gasteiger partial charge on any atom is -0.477 e. The van der Waals surface area contributed by atoms with Crippen molar-refractivity contribution in [3.63, 3.8) is 0 Å². The summed E-state index contributed by atoms with van der Waals surface area (Å²) < 4.78 is 23.0. The fraction of sp³-hybridized carbons (Fsp3) is 0.795. The molecule has 0 aromatic heterocycles. The van der Waals surface area contributed by atoms with E-state index in [1.54, 1.807) is 0 Å². The van der Waals surface area contributed by atoms with Gasteiger partial charge in [0.05, 0.1) is 34.4 Å². The Hall–Kier alpha value is -3.27. The molecule has 1 N–H and O–H groups in total. The molecule has 0 aromatic carbocycles. The van der Waals surface area contributed by atoms with Crippen LogP contribution in [0.2, 0.25) is 0 Å². The molecule has 0 aliphatic carbocycles. The van der Waals surface area contributed by atoms with Crippen molar-refractivity contribution in [2.24, 2.45) is 0 Å². The molecule has 0 fully saturated rings. The maximum atomic E-state index is 12.9. The number of esters is 2. The summed E-state index contributed by atoms with van der Waals surface area (Å²) in [5.41, 5.74) is 0. The van der Waals surface area contributed by atoms with E-state index < -0.39 is 18.4 Å². The number of hydrogen-bond acceptors (Lipinski definition) is 7. The van der Waals surface area contributed by atoms with Crippen molar-refractivity contribution in [2.75, 3.05) is 47.5 Å². The standard InChI is InChI=1S/C73H131NO8/c1-6-8-10-12-14-16-18-20-22-24-26-27-28-29-30-31-32-33-34-35-36-37-38-39-40-41-42-43-44-45-46-48-50-52-54-56-58-60-62-64-71(76)82-69(68-81-73(72(77)78)79-66-65-74(3,4)5)67-80-70(75)63-61-59-57-55-53-51-49-47-25-23-21-19-17-15-13-11-9-7-2/h8,10,14,16,20,22,26-27,29-30,32-33,69,73H,6-7,9,11-13,15,17-19,21,23-25,28,31,34-68H2,1-5H3/p+1/b10-8-,16-14-,22-20-,27-26-,30-29-,33-32-. The monoisotopic (exact) mass is 1150 g/mol. The molecule has 476 valence electrons. The van der Waals surface area contributed by atoms with E-state index in [-0.39, 0.29) is 38.2 Å². The molecule has 82 heavy (non-hydrogen) atoms. The highest BCUT2D eigenvalue weighted by molar-refractivity contribution is 5.71. The van der Waals surface area contributed by atoms with Gasteiger partial charge in [-0.05, 0) is 64.2 Å². The van der Waals surface area contributed by atoms with E-state index >= 15 is 0 Å². The Morgan fingerprint density at radius 2 is 0.695 bits per heavy atom. The Labute approximate surface area is 507 Å². The Morgan fingerprint density at radius 3 is 1.04 bits per heavy atom. The number of allylic oxidation sites excluding steroid dienone is 12. The summed E-state index contributed by atoms with van der Waals surface area (Å²) in [5, 5.41) is 9.73. The molecule has 0 rings (SSSR count).